The second kappa shape index (κ2) is 7.15. The van der Waals surface area contributed by atoms with Crippen LogP contribution in [0.5, 0.6) is 0 Å². The van der Waals surface area contributed by atoms with Gasteiger partial charge < -0.3 is 5.32 Å². The largest absolute Gasteiger partial charge is 0.347 e. The average molecular weight is 372 g/mol. The summed E-state index contributed by atoms with van der Waals surface area (Å²) in [5, 5.41) is 12.8. The molecule has 1 aliphatic rings. The molecule has 1 aromatic heterocycles. The highest BCUT2D eigenvalue weighted by atomic mass is 32.1. The van der Waals surface area contributed by atoms with Gasteiger partial charge in [0.1, 0.15) is 5.01 Å². The highest BCUT2D eigenvalue weighted by molar-refractivity contribution is 7.15. The lowest BCUT2D eigenvalue weighted by Crippen LogP contribution is -2.44. The predicted molar refractivity (Wildman–Crippen MR) is 102 cm³/mol. The molecule has 26 heavy (non-hydrogen) atoms. The van der Waals surface area contributed by atoms with Crippen LogP contribution in [0.15, 0.2) is 30.3 Å². The number of carbonyl (C=O) groups excluding carboxylic acids is 2. The van der Waals surface area contributed by atoms with Gasteiger partial charge >= 0.3 is 0 Å². The van der Waals surface area contributed by atoms with Gasteiger partial charge in [0.05, 0.1) is 11.5 Å². The summed E-state index contributed by atoms with van der Waals surface area (Å²) in [7, 11) is 0. The lowest BCUT2D eigenvalue weighted by atomic mass is 9.93. The Kier molecular flexibility index (Phi) is 5.09. The normalized spacial score (nSPS) is 17.8. The van der Waals surface area contributed by atoms with Crippen molar-refractivity contribution in [3.05, 3.63) is 40.9 Å². The number of amides is 2. The van der Waals surface area contributed by atoms with E-state index in [1.54, 1.807) is 4.90 Å². The molecule has 1 fully saturated rings. The Labute approximate surface area is 157 Å². The number of aromatic nitrogens is 2. The van der Waals surface area contributed by atoms with E-state index in [0.717, 1.165) is 10.6 Å². The summed E-state index contributed by atoms with van der Waals surface area (Å²) in [6.45, 7) is 8.36. The summed E-state index contributed by atoms with van der Waals surface area (Å²) < 4.78 is 0. The zero-order valence-electron chi connectivity index (χ0n) is 15.5. The molecule has 1 saturated heterocycles. The Bertz CT molecular complexity index is 801. The smallest absolute Gasteiger partial charge is 0.229 e. The van der Waals surface area contributed by atoms with Gasteiger partial charge in [0, 0.05) is 18.9 Å². The maximum Gasteiger partial charge on any atom is 0.229 e. The summed E-state index contributed by atoms with van der Waals surface area (Å²) in [5.41, 5.74) is 0.530. The summed E-state index contributed by atoms with van der Waals surface area (Å²) >= 11 is 1.42. The first-order valence-corrected chi connectivity index (χ1v) is 9.61. The molecular weight excluding hydrogens is 348 g/mol. The van der Waals surface area contributed by atoms with E-state index in [9.17, 15) is 9.59 Å². The van der Waals surface area contributed by atoms with Gasteiger partial charge in [-0.3, -0.25) is 14.5 Å². The molecule has 1 aromatic carbocycles. The maximum atomic E-state index is 12.7. The second-order valence-electron chi connectivity index (χ2n) is 7.46. The summed E-state index contributed by atoms with van der Waals surface area (Å²) in [5.74, 6) is -0.293. The molecule has 0 aliphatic carbocycles. The van der Waals surface area contributed by atoms with Crippen molar-refractivity contribution in [1.29, 1.82) is 0 Å². The Morgan fingerprint density at radius 1 is 1.27 bits per heavy atom. The third kappa shape index (κ3) is 3.77. The van der Waals surface area contributed by atoms with Crippen molar-refractivity contribution >= 4 is 28.3 Å². The minimum atomic E-state index is -0.498. The molecule has 1 unspecified atom stereocenters. The topological polar surface area (TPSA) is 75.2 Å². The van der Waals surface area contributed by atoms with Crippen molar-refractivity contribution < 1.29 is 9.59 Å². The Balaban J connectivity index is 1.69. The number of rotatable bonds is 5. The molecule has 1 atom stereocenters. The third-order valence-electron chi connectivity index (χ3n) is 4.58. The van der Waals surface area contributed by atoms with E-state index in [0.29, 0.717) is 11.7 Å². The van der Waals surface area contributed by atoms with Gasteiger partial charge in [0.2, 0.25) is 16.9 Å². The molecule has 2 aromatic rings. The van der Waals surface area contributed by atoms with Gasteiger partial charge in [-0.15, -0.1) is 10.2 Å². The number of nitrogens with one attached hydrogen (secondary N) is 1. The molecule has 0 saturated carbocycles. The molecule has 7 heteroatoms. The van der Waals surface area contributed by atoms with E-state index in [1.165, 1.54) is 11.3 Å². The van der Waals surface area contributed by atoms with Crippen LogP contribution in [0.2, 0.25) is 0 Å². The summed E-state index contributed by atoms with van der Waals surface area (Å²) in [6.07, 6.45) is 0.202. The molecule has 2 amide bonds. The fourth-order valence-electron chi connectivity index (χ4n) is 2.97. The number of benzene rings is 1. The number of hydrogen-bond acceptors (Lipinski definition) is 5. The molecule has 2 heterocycles. The molecule has 0 spiro atoms. The van der Waals surface area contributed by atoms with Gasteiger partial charge in [-0.05, 0) is 19.4 Å². The number of hydrogen-bond donors (Lipinski definition) is 1. The SMILES string of the molecule is CC(C)c1nnc(N2CC(C(=O)NC(C)(C)c3ccccc3)CC2=O)s1. The van der Waals surface area contributed by atoms with Crippen LogP contribution in [0.1, 0.15) is 50.6 Å². The molecule has 6 nitrogen and oxygen atoms in total. The van der Waals surface area contributed by atoms with E-state index in [-0.39, 0.29) is 30.1 Å². The van der Waals surface area contributed by atoms with Gasteiger partial charge in [0.15, 0.2) is 0 Å². The highest BCUT2D eigenvalue weighted by Crippen LogP contribution is 2.31. The van der Waals surface area contributed by atoms with E-state index in [4.69, 9.17) is 0 Å². The number of carbonyl (C=O) groups is 2. The van der Waals surface area contributed by atoms with Gasteiger partial charge in [-0.2, -0.15) is 0 Å². The first-order chi connectivity index (χ1) is 12.3. The van der Waals surface area contributed by atoms with Crippen LogP contribution in [0.4, 0.5) is 5.13 Å². The van der Waals surface area contributed by atoms with Crippen molar-refractivity contribution in [3.8, 4) is 0 Å². The van der Waals surface area contributed by atoms with Crippen LogP contribution in [0, 0.1) is 5.92 Å². The van der Waals surface area contributed by atoms with E-state index >= 15 is 0 Å². The molecule has 1 N–H and O–H groups in total. The van der Waals surface area contributed by atoms with Crippen molar-refractivity contribution in [3.63, 3.8) is 0 Å². The van der Waals surface area contributed by atoms with Gasteiger partial charge in [-0.1, -0.05) is 55.5 Å². The summed E-state index contributed by atoms with van der Waals surface area (Å²) in [4.78, 5) is 26.7. The lowest BCUT2D eigenvalue weighted by molar-refractivity contribution is -0.127. The molecule has 1 aliphatic heterocycles. The average Bonchev–Trinajstić information content (AvgIpc) is 3.22. The minimum absolute atomic E-state index is 0.0749. The molecule has 3 rings (SSSR count). The van der Waals surface area contributed by atoms with Crippen LogP contribution < -0.4 is 10.2 Å². The zero-order valence-corrected chi connectivity index (χ0v) is 16.3. The Hall–Kier alpha value is -2.28. The zero-order chi connectivity index (χ0) is 18.9. The third-order valence-corrected chi connectivity index (χ3v) is 5.83. The number of nitrogens with zero attached hydrogens (tertiary/aromatic N) is 3. The fraction of sp³-hybridized carbons (Fsp3) is 0.474. The Morgan fingerprint density at radius 2 is 1.96 bits per heavy atom. The molecular formula is C19H24N4O2S. The van der Waals surface area contributed by atoms with Crippen LogP contribution >= 0.6 is 11.3 Å². The summed E-state index contributed by atoms with van der Waals surface area (Å²) in [6, 6.07) is 9.82. The second-order valence-corrected chi connectivity index (χ2v) is 8.45. The highest BCUT2D eigenvalue weighted by Gasteiger charge is 2.38. The van der Waals surface area contributed by atoms with Crippen LogP contribution in [-0.2, 0) is 15.1 Å². The maximum absolute atomic E-state index is 12.7. The number of anilines is 1. The van der Waals surface area contributed by atoms with Crippen molar-refractivity contribution in [1.82, 2.24) is 15.5 Å². The first-order valence-electron chi connectivity index (χ1n) is 8.79. The van der Waals surface area contributed by atoms with Gasteiger partial charge in [-0.25, -0.2) is 0 Å². The van der Waals surface area contributed by atoms with E-state index in [2.05, 4.69) is 15.5 Å². The lowest BCUT2D eigenvalue weighted by Gasteiger charge is -2.28. The predicted octanol–water partition coefficient (Wildman–Crippen LogP) is 3.07. The fourth-order valence-corrected chi connectivity index (χ4v) is 3.85. The van der Waals surface area contributed by atoms with Crippen LogP contribution in [0.25, 0.3) is 0 Å². The first kappa shape index (κ1) is 18.5. The van der Waals surface area contributed by atoms with E-state index in [1.807, 2.05) is 58.0 Å². The monoisotopic (exact) mass is 372 g/mol. The quantitative estimate of drug-likeness (QED) is 0.875. The van der Waals surface area contributed by atoms with E-state index < -0.39 is 5.54 Å². The van der Waals surface area contributed by atoms with Gasteiger partial charge in [0.25, 0.3) is 0 Å². The standard InChI is InChI=1S/C19H24N4O2S/c1-12(2)17-21-22-18(26-17)23-11-13(10-15(23)24)16(25)20-19(3,4)14-8-6-5-7-9-14/h5-9,12-13H,10-11H2,1-4H3,(H,20,25). The minimum Gasteiger partial charge on any atom is -0.347 e. The molecule has 0 bridgehead atoms. The van der Waals surface area contributed by atoms with Crippen LogP contribution in [0.3, 0.4) is 0 Å². The molecule has 138 valence electrons. The molecule has 0 radical (unpaired) electrons. The van der Waals surface area contributed by atoms with Crippen molar-refractivity contribution in [2.24, 2.45) is 5.92 Å². The Morgan fingerprint density at radius 3 is 2.58 bits per heavy atom. The van der Waals surface area contributed by atoms with Crippen molar-refractivity contribution in [2.45, 2.75) is 45.6 Å². The van der Waals surface area contributed by atoms with Crippen LogP contribution in [-0.4, -0.2) is 28.6 Å². The van der Waals surface area contributed by atoms with Crippen molar-refractivity contribution in [2.75, 3.05) is 11.4 Å².